The van der Waals surface area contributed by atoms with E-state index in [1.54, 1.807) is 26.8 Å². The van der Waals surface area contributed by atoms with Crippen molar-refractivity contribution in [2.24, 2.45) is 11.8 Å². The molecule has 1 aromatic rings. The van der Waals surface area contributed by atoms with Crippen LogP contribution < -0.4 is 10.2 Å². The van der Waals surface area contributed by atoms with Crippen molar-refractivity contribution >= 4 is 17.8 Å². The first-order valence-corrected chi connectivity index (χ1v) is 11.9. The van der Waals surface area contributed by atoms with E-state index >= 15 is 0 Å². The van der Waals surface area contributed by atoms with Gasteiger partial charge in [-0.1, -0.05) is 6.07 Å². The van der Waals surface area contributed by atoms with Gasteiger partial charge in [-0.2, -0.15) is 13.2 Å². The fourth-order valence-corrected chi connectivity index (χ4v) is 5.58. The Morgan fingerprint density at radius 3 is 2.54 bits per heavy atom. The van der Waals surface area contributed by atoms with Gasteiger partial charge in [0.2, 0.25) is 5.91 Å². The molecule has 5 atom stereocenters. The summed E-state index contributed by atoms with van der Waals surface area (Å²) in [4.78, 5) is 32.6. The number of pyridine rings is 1. The Morgan fingerprint density at radius 1 is 1.17 bits per heavy atom. The molecule has 11 heteroatoms. The second-order valence-corrected chi connectivity index (χ2v) is 11.1. The lowest BCUT2D eigenvalue weighted by Crippen LogP contribution is -2.56. The number of likely N-dealkylation sites (tertiary alicyclic amines) is 1. The number of anilines is 1. The van der Waals surface area contributed by atoms with Gasteiger partial charge in [0, 0.05) is 31.0 Å². The number of alkyl halides is 4. The summed E-state index contributed by atoms with van der Waals surface area (Å²) < 4.78 is 58.9. The highest BCUT2D eigenvalue weighted by Crippen LogP contribution is 2.46. The van der Waals surface area contributed by atoms with Crippen LogP contribution in [0.2, 0.25) is 0 Å². The van der Waals surface area contributed by atoms with Crippen molar-refractivity contribution in [3.05, 3.63) is 23.9 Å². The minimum atomic E-state index is -4.52. The van der Waals surface area contributed by atoms with Crippen molar-refractivity contribution in [1.82, 2.24) is 15.2 Å². The maximum absolute atomic E-state index is 14.2. The van der Waals surface area contributed by atoms with Crippen LogP contribution in [0.3, 0.4) is 0 Å². The zero-order valence-electron chi connectivity index (χ0n) is 20.4. The van der Waals surface area contributed by atoms with Crippen molar-refractivity contribution in [1.29, 1.82) is 0 Å². The largest absolute Gasteiger partial charge is 0.444 e. The second-order valence-electron chi connectivity index (χ2n) is 11.1. The van der Waals surface area contributed by atoms with Gasteiger partial charge in [0.15, 0.2) is 0 Å². The number of hydrogen-bond donors (Lipinski definition) is 1. The summed E-state index contributed by atoms with van der Waals surface area (Å²) in [5.74, 6) is -0.0127. The highest BCUT2D eigenvalue weighted by molar-refractivity contribution is 5.87. The van der Waals surface area contributed by atoms with Crippen LogP contribution in [0.5, 0.6) is 0 Å². The third-order valence-corrected chi connectivity index (χ3v) is 7.23. The van der Waals surface area contributed by atoms with Crippen LogP contribution in [-0.2, 0) is 15.7 Å². The van der Waals surface area contributed by atoms with E-state index in [4.69, 9.17) is 4.74 Å². The van der Waals surface area contributed by atoms with Gasteiger partial charge in [0.25, 0.3) is 0 Å². The summed E-state index contributed by atoms with van der Waals surface area (Å²) in [7, 11) is 0. The van der Waals surface area contributed by atoms with Gasteiger partial charge in [0.1, 0.15) is 29.3 Å². The molecule has 0 radical (unpaired) electrons. The highest BCUT2D eigenvalue weighted by Gasteiger charge is 2.52. The first-order chi connectivity index (χ1) is 16.2. The minimum Gasteiger partial charge on any atom is -0.444 e. The molecule has 3 aliphatic rings. The van der Waals surface area contributed by atoms with Crippen LogP contribution in [0.4, 0.5) is 28.2 Å². The Bertz CT molecular complexity index is 982. The number of fused-ring (bicyclic) bond motifs is 1. The quantitative estimate of drug-likeness (QED) is 0.631. The average Bonchev–Trinajstić information content (AvgIpc) is 3.41. The van der Waals surface area contributed by atoms with E-state index in [1.165, 1.54) is 6.07 Å². The van der Waals surface area contributed by atoms with Crippen molar-refractivity contribution in [3.8, 4) is 0 Å². The molecule has 35 heavy (non-hydrogen) atoms. The molecule has 3 fully saturated rings. The van der Waals surface area contributed by atoms with E-state index in [0.29, 0.717) is 19.5 Å². The van der Waals surface area contributed by atoms with Gasteiger partial charge >= 0.3 is 12.3 Å². The third-order valence-electron chi connectivity index (χ3n) is 7.23. The molecule has 0 spiro atoms. The van der Waals surface area contributed by atoms with E-state index in [-0.39, 0.29) is 30.6 Å². The first-order valence-electron chi connectivity index (χ1n) is 11.9. The SMILES string of the molecule is CC(C)(C)OC(=O)N1CC(F)CC1C(=O)N[C@@]1(C)CC[C@@H]2CN(c3cccc(C(F)(F)F)n3)C[C@@H]21. The Hall–Kier alpha value is -2.59. The molecule has 3 heterocycles. The third kappa shape index (κ3) is 5.33. The molecule has 7 nitrogen and oxygen atoms in total. The maximum Gasteiger partial charge on any atom is 0.433 e. The van der Waals surface area contributed by atoms with Gasteiger partial charge in [-0.3, -0.25) is 9.69 Å². The van der Waals surface area contributed by atoms with E-state index in [9.17, 15) is 27.2 Å². The zero-order valence-corrected chi connectivity index (χ0v) is 20.4. The lowest BCUT2D eigenvalue weighted by molar-refractivity contribution is -0.141. The van der Waals surface area contributed by atoms with Crippen LogP contribution >= 0.6 is 0 Å². The number of nitrogens with zero attached hydrogens (tertiary/aromatic N) is 3. The topological polar surface area (TPSA) is 74.8 Å². The van der Waals surface area contributed by atoms with Gasteiger partial charge in [-0.15, -0.1) is 0 Å². The maximum atomic E-state index is 14.2. The summed E-state index contributed by atoms with van der Waals surface area (Å²) in [6.07, 6.45) is -5.19. The summed E-state index contributed by atoms with van der Waals surface area (Å²) >= 11 is 0. The molecule has 2 aliphatic heterocycles. The number of carbonyl (C=O) groups excluding carboxylic acids is 2. The van der Waals surface area contributed by atoms with Crippen molar-refractivity contribution in [3.63, 3.8) is 0 Å². The molecule has 2 unspecified atom stereocenters. The molecular weight excluding hydrogens is 468 g/mol. The van der Waals surface area contributed by atoms with E-state index in [0.717, 1.165) is 17.4 Å². The number of amides is 2. The predicted molar refractivity (Wildman–Crippen MR) is 120 cm³/mol. The Kier molecular flexibility index (Phi) is 6.42. The molecule has 1 aromatic heterocycles. The molecule has 0 bridgehead atoms. The smallest absolute Gasteiger partial charge is 0.433 e. The number of nitrogens with one attached hydrogen (secondary N) is 1. The standard InChI is InChI=1S/C24H32F4N4O3/c1-22(2,3)35-21(34)32-12-15(25)10-17(32)20(33)30-23(4)9-8-14-11-31(13-16(14)23)19-7-5-6-18(29-19)24(26,27)28/h5-7,14-17H,8-13H2,1-4H3,(H,30,33)/t14-,15?,16+,17?,23+/m1/s1. The van der Waals surface area contributed by atoms with Crippen LogP contribution in [0.1, 0.15) is 52.7 Å². The summed E-state index contributed by atoms with van der Waals surface area (Å²) in [5, 5.41) is 3.06. The van der Waals surface area contributed by atoms with E-state index in [1.807, 2.05) is 11.8 Å². The summed E-state index contributed by atoms with van der Waals surface area (Å²) in [6, 6.07) is 2.88. The number of halogens is 4. The van der Waals surface area contributed by atoms with E-state index in [2.05, 4.69) is 10.3 Å². The second kappa shape index (κ2) is 8.81. The minimum absolute atomic E-state index is 0.0136. The summed E-state index contributed by atoms with van der Waals surface area (Å²) in [5.41, 5.74) is -2.35. The van der Waals surface area contributed by atoms with Gasteiger partial charge in [0.05, 0.1) is 6.54 Å². The van der Waals surface area contributed by atoms with Crippen LogP contribution in [0.25, 0.3) is 0 Å². The zero-order chi connectivity index (χ0) is 25.8. The number of aromatic nitrogens is 1. The Labute approximate surface area is 202 Å². The fraction of sp³-hybridized carbons (Fsp3) is 0.708. The monoisotopic (exact) mass is 500 g/mol. The van der Waals surface area contributed by atoms with Gasteiger partial charge < -0.3 is 15.0 Å². The van der Waals surface area contributed by atoms with Crippen LogP contribution in [0, 0.1) is 11.8 Å². The van der Waals surface area contributed by atoms with Gasteiger partial charge in [-0.25, -0.2) is 14.2 Å². The summed E-state index contributed by atoms with van der Waals surface area (Å²) in [6.45, 7) is 7.81. The Balaban J connectivity index is 1.46. The molecule has 2 amide bonds. The number of carbonyl (C=O) groups is 2. The lowest BCUT2D eigenvalue weighted by atomic mass is 9.86. The van der Waals surface area contributed by atoms with Crippen LogP contribution in [-0.4, -0.2) is 64.9 Å². The molecule has 4 rings (SSSR count). The molecular formula is C24H32F4N4O3. The molecule has 2 saturated heterocycles. The van der Waals surface area contributed by atoms with Gasteiger partial charge in [-0.05, 0) is 58.6 Å². The molecule has 194 valence electrons. The molecule has 1 saturated carbocycles. The van der Waals surface area contributed by atoms with Crippen molar-refractivity contribution in [2.45, 2.75) is 76.5 Å². The number of ether oxygens (including phenoxy) is 1. The fourth-order valence-electron chi connectivity index (χ4n) is 5.58. The molecule has 1 N–H and O–H groups in total. The Morgan fingerprint density at radius 2 is 1.89 bits per heavy atom. The normalized spacial score (nSPS) is 31.0. The molecule has 1 aliphatic carbocycles. The van der Waals surface area contributed by atoms with E-state index < -0.39 is 47.2 Å². The first kappa shape index (κ1) is 25.5. The van der Waals surface area contributed by atoms with Crippen molar-refractivity contribution in [2.75, 3.05) is 24.5 Å². The molecule has 0 aromatic carbocycles. The number of rotatable bonds is 3. The van der Waals surface area contributed by atoms with Crippen molar-refractivity contribution < 1.29 is 31.9 Å². The lowest BCUT2D eigenvalue weighted by Gasteiger charge is -2.35. The average molecular weight is 501 g/mol. The predicted octanol–water partition coefficient (Wildman–Crippen LogP) is 4.17. The highest BCUT2D eigenvalue weighted by atomic mass is 19.4. The number of hydrogen-bond acceptors (Lipinski definition) is 5. The van der Waals surface area contributed by atoms with Crippen LogP contribution in [0.15, 0.2) is 18.2 Å².